The van der Waals surface area contributed by atoms with Crippen LogP contribution in [0, 0.1) is 18.3 Å². The van der Waals surface area contributed by atoms with Gasteiger partial charge in [0.05, 0.1) is 11.1 Å². The molecule has 0 N–H and O–H groups in total. The normalized spacial score (nSPS) is 11.7. The average Bonchev–Trinajstić information content (AvgIpc) is 2.44. The number of Topliss-reactive ketones (excluding diaryl/α,β-unsaturated/α-hetero) is 1. The molecule has 0 saturated carbocycles. The van der Waals surface area contributed by atoms with Gasteiger partial charge in [-0.25, -0.2) is 0 Å². The van der Waals surface area contributed by atoms with E-state index in [4.69, 9.17) is 11.6 Å². The molecule has 0 amide bonds. The van der Waals surface area contributed by atoms with Gasteiger partial charge >= 0.3 is 0 Å². The summed E-state index contributed by atoms with van der Waals surface area (Å²) in [5.74, 6) is -1.05. The van der Waals surface area contributed by atoms with Crippen molar-refractivity contribution in [1.82, 2.24) is 0 Å². The van der Waals surface area contributed by atoms with Crippen LogP contribution in [0.1, 0.15) is 27.4 Å². The van der Waals surface area contributed by atoms with E-state index in [1.807, 2.05) is 31.2 Å². The van der Waals surface area contributed by atoms with E-state index in [0.29, 0.717) is 10.6 Å². The SMILES string of the molecule is Cc1ccccc1C(C#N)C(=O)c1ccc(Br)c(Cl)c1. The first-order valence-corrected chi connectivity index (χ1v) is 7.16. The standard InChI is InChI=1S/C16H11BrClNO/c1-10-4-2-3-5-12(10)13(9-19)16(20)11-6-7-14(17)15(18)8-11/h2-8,13H,1H3. The van der Waals surface area contributed by atoms with Crippen LogP contribution >= 0.6 is 27.5 Å². The molecule has 100 valence electrons. The number of aryl methyl sites for hydroxylation is 1. The monoisotopic (exact) mass is 347 g/mol. The summed E-state index contributed by atoms with van der Waals surface area (Å²) in [6, 6.07) is 14.5. The highest BCUT2D eigenvalue weighted by Gasteiger charge is 2.23. The minimum absolute atomic E-state index is 0.240. The summed E-state index contributed by atoms with van der Waals surface area (Å²) in [7, 11) is 0. The fourth-order valence-electron chi connectivity index (χ4n) is 2.00. The zero-order valence-electron chi connectivity index (χ0n) is 10.7. The van der Waals surface area contributed by atoms with Gasteiger partial charge in [-0.2, -0.15) is 5.26 Å². The average molecular weight is 349 g/mol. The highest BCUT2D eigenvalue weighted by atomic mass is 79.9. The van der Waals surface area contributed by atoms with E-state index in [1.165, 1.54) is 0 Å². The minimum Gasteiger partial charge on any atom is -0.292 e. The predicted octanol–water partition coefficient (Wildman–Crippen LogP) is 4.90. The van der Waals surface area contributed by atoms with Crippen molar-refractivity contribution in [2.24, 2.45) is 0 Å². The fourth-order valence-corrected chi connectivity index (χ4v) is 2.42. The molecule has 0 aliphatic heterocycles. The van der Waals surface area contributed by atoms with Gasteiger partial charge in [-0.15, -0.1) is 0 Å². The van der Waals surface area contributed by atoms with Crippen LogP contribution in [0.5, 0.6) is 0 Å². The van der Waals surface area contributed by atoms with Gasteiger partial charge < -0.3 is 0 Å². The van der Waals surface area contributed by atoms with E-state index in [2.05, 4.69) is 22.0 Å². The van der Waals surface area contributed by atoms with Gasteiger partial charge in [-0.1, -0.05) is 41.9 Å². The number of halogens is 2. The highest BCUT2D eigenvalue weighted by Crippen LogP contribution is 2.28. The molecule has 0 spiro atoms. The number of benzene rings is 2. The molecule has 2 rings (SSSR count). The molecule has 1 atom stereocenters. The summed E-state index contributed by atoms with van der Waals surface area (Å²) in [5.41, 5.74) is 2.10. The van der Waals surface area contributed by atoms with E-state index < -0.39 is 5.92 Å². The Hall–Kier alpha value is -1.63. The maximum atomic E-state index is 12.5. The number of ketones is 1. The Bertz CT molecular complexity index is 706. The Labute approximate surface area is 131 Å². The summed E-state index contributed by atoms with van der Waals surface area (Å²) in [4.78, 5) is 12.5. The number of rotatable bonds is 3. The zero-order valence-corrected chi connectivity index (χ0v) is 13.1. The first-order chi connectivity index (χ1) is 9.54. The number of carbonyl (C=O) groups is 1. The van der Waals surface area contributed by atoms with Crippen LogP contribution in [-0.2, 0) is 0 Å². The first kappa shape index (κ1) is 14.8. The van der Waals surface area contributed by atoms with Crippen molar-refractivity contribution in [2.75, 3.05) is 0 Å². The van der Waals surface area contributed by atoms with Crippen LogP contribution < -0.4 is 0 Å². The third-order valence-corrected chi connectivity index (χ3v) is 4.33. The van der Waals surface area contributed by atoms with Crippen LogP contribution in [0.15, 0.2) is 46.9 Å². The van der Waals surface area contributed by atoms with Gasteiger partial charge in [0.1, 0.15) is 5.92 Å². The van der Waals surface area contributed by atoms with Crippen LogP contribution in [0.4, 0.5) is 0 Å². The van der Waals surface area contributed by atoms with Gasteiger partial charge in [0.2, 0.25) is 0 Å². The molecule has 1 unspecified atom stereocenters. The number of nitriles is 1. The van der Waals surface area contributed by atoms with Crippen molar-refractivity contribution in [2.45, 2.75) is 12.8 Å². The molecule has 0 fully saturated rings. The molecule has 2 aromatic carbocycles. The summed E-state index contributed by atoms with van der Waals surface area (Å²) in [6.07, 6.45) is 0. The molecule has 0 aliphatic carbocycles. The maximum Gasteiger partial charge on any atom is 0.184 e. The number of nitrogens with zero attached hydrogens (tertiary/aromatic N) is 1. The summed E-state index contributed by atoms with van der Waals surface area (Å²) >= 11 is 9.28. The van der Waals surface area contributed by atoms with E-state index in [9.17, 15) is 10.1 Å². The molecule has 2 nitrogen and oxygen atoms in total. The molecular weight excluding hydrogens is 338 g/mol. The Morgan fingerprint density at radius 2 is 2.00 bits per heavy atom. The van der Waals surface area contributed by atoms with E-state index >= 15 is 0 Å². The molecule has 0 saturated heterocycles. The Morgan fingerprint density at radius 1 is 1.30 bits per heavy atom. The quantitative estimate of drug-likeness (QED) is 0.740. The smallest absolute Gasteiger partial charge is 0.184 e. The number of carbonyl (C=O) groups excluding carboxylic acids is 1. The molecule has 0 bridgehead atoms. The predicted molar refractivity (Wildman–Crippen MR) is 83.0 cm³/mol. The summed E-state index contributed by atoms with van der Waals surface area (Å²) in [5, 5.41) is 9.80. The van der Waals surface area contributed by atoms with Gasteiger partial charge in [-0.05, 0) is 46.1 Å². The lowest BCUT2D eigenvalue weighted by atomic mass is 9.89. The van der Waals surface area contributed by atoms with Gasteiger partial charge in [0.15, 0.2) is 5.78 Å². The van der Waals surface area contributed by atoms with Crippen molar-refractivity contribution in [3.05, 3.63) is 68.7 Å². The second kappa shape index (κ2) is 6.21. The van der Waals surface area contributed by atoms with E-state index in [0.717, 1.165) is 15.6 Å². The van der Waals surface area contributed by atoms with E-state index in [-0.39, 0.29) is 5.78 Å². The topological polar surface area (TPSA) is 40.9 Å². The lowest BCUT2D eigenvalue weighted by Crippen LogP contribution is -2.12. The summed E-state index contributed by atoms with van der Waals surface area (Å²) in [6.45, 7) is 1.89. The zero-order chi connectivity index (χ0) is 14.7. The van der Waals surface area contributed by atoms with Crippen LogP contribution in [0.2, 0.25) is 5.02 Å². The van der Waals surface area contributed by atoms with E-state index in [1.54, 1.807) is 18.2 Å². The Kier molecular flexibility index (Phi) is 4.59. The molecule has 0 heterocycles. The van der Waals surface area contributed by atoms with Crippen molar-refractivity contribution in [3.8, 4) is 6.07 Å². The Balaban J connectivity index is 2.42. The largest absolute Gasteiger partial charge is 0.292 e. The summed E-state index contributed by atoms with van der Waals surface area (Å²) < 4.78 is 0.722. The minimum atomic E-state index is -0.812. The molecule has 20 heavy (non-hydrogen) atoms. The number of hydrogen-bond donors (Lipinski definition) is 0. The molecule has 2 aromatic rings. The first-order valence-electron chi connectivity index (χ1n) is 5.99. The molecule has 0 radical (unpaired) electrons. The third-order valence-electron chi connectivity index (χ3n) is 3.09. The van der Waals surface area contributed by atoms with Gasteiger partial charge in [-0.3, -0.25) is 4.79 Å². The van der Waals surface area contributed by atoms with Crippen molar-refractivity contribution in [3.63, 3.8) is 0 Å². The lowest BCUT2D eigenvalue weighted by Gasteiger charge is -2.12. The molecule has 4 heteroatoms. The van der Waals surface area contributed by atoms with Gasteiger partial charge in [0, 0.05) is 10.0 Å². The van der Waals surface area contributed by atoms with Crippen molar-refractivity contribution < 1.29 is 4.79 Å². The molecular formula is C16H11BrClNO. The molecule has 0 aliphatic rings. The van der Waals surface area contributed by atoms with Crippen LogP contribution in [-0.4, -0.2) is 5.78 Å². The second-order valence-electron chi connectivity index (χ2n) is 4.41. The number of hydrogen-bond acceptors (Lipinski definition) is 2. The molecule has 0 aromatic heterocycles. The maximum absolute atomic E-state index is 12.5. The van der Waals surface area contributed by atoms with Crippen LogP contribution in [0.25, 0.3) is 0 Å². The fraction of sp³-hybridized carbons (Fsp3) is 0.125. The van der Waals surface area contributed by atoms with Crippen LogP contribution in [0.3, 0.4) is 0 Å². The third kappa shape index (κ3) is 2.92. The van der Waals surface area contributed by atoms with Gasteiger partial charge in [0.25, 0.3) is 0 Å². The Morgan fingerprint density at radius 3 is 2.60 bits per heavy atom. The van der Waals surface area contributed by atoms with Crippen molar-refractivity contribution >= 4 is 33.3 Å². The second-order valence-corrected chi connectivity index (χ2v) is 5.67. The highest BCUT2D eigenvalue weighted by molar-refractivity contribution is 9.10. The van der Waals surface area contributed by atoms with Crippen molar-refractivity contribution in [1.29, 1.82) is 5.26 Å². The lowest BCUT2D eigenvalue weighted by molar-refractivity contribution is 0.0978.